The number of pyridine rings is 1. The monoisotopic (exact) mass is 277 g/mol. The standard InChI is InChI=1S/C16H15N5/c1-11(18)12-6-7-15(19-10-12)21-14-5-3-2-4-13(14)20-16(21)8-9-17/h2-7,10-11H,8,18H2,1H3/t11-/m0/s1. The molecule has 5 nitrogen and oxygen atoms in total. The van der Waals surface area contributed by atoms with Crippen molar-refractivity contribution in [1.82, 2.24) is 14.5 Å². The molecule has 0 saturated carbocycles. The van der Waals surface area contributed by atoms with Gasteiger partial charge in [-0.2, -0.15) is 5.26 Å². The molecular weight excluding hydrogens is 262 g/mol. The molecule has 3 aromatic rings. The van der Waals surface area contributed by atoms with E-state index in [1.807, 2.05) is 47.9 Å². The van der Waals surface area contributed by atoms with Crippen LogP contribution in [-0.2, 0) is 6.42 Å². The zero-order valence-electron chi connectivity index (χ0n) is 11.7. The van der Waals surface area contributed by atoms with Gasteiger partial charge in [0, 0.05) is 12.2 Å². The van der Waals surface area contributed by atoms with Gasteiger partial charge < -0.3 is 5.73 Å². The highest BCUT2D eigenvalue weighted by Gasteiger charge is 2.13. The minimum atomic E-state index is -0.0512. The van der Waals surface area contributed by atoms with Gasteiger partial charge in [-0.3, -0.25) is 4.57 Å². The molecule has 1 aromatic carbocycles. The zero-order chi connectivity index (χ0) is 14.8. The fourth-order valence-corrected chi connectivity index (χ4v) is 2.32. The van der Waals surface area contributed by atoms with E-state index in [1.54, 1.807) is 6.20 Å². The number of nitrogens with zero attached hydrogens (tertiary/aromatic N) is 4. The first-order valence-corrected chi connectivity index (χ1v) is 6.76. The highest BCUT2D eigenvalue weighted by atomic mass is 15.1. The predicted molar refractivity (Wildman–Crippen MR) is 80.8 cm³/mol. The van der Waals surface area contributed by atoms with Gasteiger partial charge in [-0.15, -0.1) is 0 Å². The van der Waals surface area contributed by atoms with Crippen molar-refractivity contribution < 1.29 is 0 Å². The average Bonchev–Trinajstić information content (AvgIpc) is 2.85. The van der Waals surface area contributed by atoms with E-state index in [1.165, 1.54) is 0 Å². The molecule has 2 aromatic heterocycles. The first-order valence-electron chi connectivity index (χ1n) is 6.76. The third-order valence-electron chi connectivity index (χ3n) is 3.39. The van der Waals surface area contributed by atoms with Crippen LogP contribution in [-0.4, -0.2) is 14.5 Å². The molecule has 0 radical (unpaired) electrons. The number of imidazole rings is 1. The maximum absolute atomic E-state index is 8.99. The molecule has 5 heteroatoms. The Hall–Kier alpha value is -2.71. The Bertz CT molecular complexity index is 809. The van der Waals surface area contributed by atoms with E-state index in [4.69, 9.17) is 11.0 Å². The van der Waals surface area contributed by atoms with E-state index in [9.17, 15) is 0 Å². The van der Waals surface area contributed by atoms with Crippen LogP contribution in [0, 0.1) is 11.3 Å². The molecule has 104 valence electrons. The summed E-state index contributed by atoms with van der Waals surface area (Å²) in [5.41, 5.74) is 8.64. The molecule has 2 N–H and O–H groups in total. The van der Waals surface area contributed by atoms with Crippen molar-refractivity contribution in [1.29, 1.82) is 5.26 Å². The number of para-hydroxylation sites is 2. The second-order valence-corrected chi connectivity index (χ2v) is 4.93. The van der Waals surface area contributed by atoms with Gasteiger partial charge in [0.05, 0.1) is 23.5 Å². The smallest absolute Gasteiger partial charge is 0.138 e. The minimum Gasteiger partial charge on any atom is -0.324 e. The van der Waals surface area contributed by atoms with E-state index in [0.717, 1.165) is 22.4 Å². The number of nitrogens with two attached hydrogens (primary N) is 1. The molecule has 0 aliphatic carbocycles. The molecule has 0 saturated heterocycles. The molecular formula is C16H15N5. The Morgan fingerprint density at radius 1 is 1.29 bits per heavy atom. The second kappa shape index (κ2) is 5.35. The van der Waals surface area contributed by atoms with Crippen LogP contribution in [0.25, 0.3) is 16.9 Å². The summed E-state index contributed by atoms with van der Waals surface area (Å²) in [5.74, 6) is 1.44. The first-order chi connectivity index (χ1) is 10.2. The normalized spacial score (nSPS) is 12.2. The molecule has 0 amide bonds. The molecule has 0 spiro atoms. The Kier molecular flexibility index (Phi) is 3.38. The SMILES string of the molecule is C[C@H](N)c1ccc(-n2c(CC#N)nc3ccccc32)nc1. The third kappa shape index (κ3) is 2.37. The van der Waals surface area contributed by atoms with Gasteiger partial charge >= 0.3 is 0 Å². The summed E-state index contributed by atoms with van der Waals surface area (Å²) in [6.45, 7) is 1.92. The number of aromatic nitrogens is 3. The van der Waals surface area contributed by atoms with Crippen LogP contribution in [0.5, 0.6) is 0 Å². The number of hydrogen-bond acceptors (Lipinski definition) is 4. The van der Waals surface area contributed by atoms with Gasteiger partial charge in [-0.05, 0) is 30.7 Å². The van der Waals surface area contributed by atoms with Gasteiger partial charge in [0.15, 0.2) is 0 Å². The highest BCUT2D eigenvalue weighted by Crippen LogP contribution is 2.21. The van der Waals surface area contributed by atoms with Gasteiger partial charge in [-0.25, -0.2) is 9.97 Å². The predicted octanol–water partition coefficient (Wildman–Crippen LogP) is 2.51. The van der Waals surface area contributed by atoms with Crippen molar-refractivity contribution in [2.45, 2.75) is 19.4 Å². The number of hydrogen-bond donors (Lipinski definition) is 1. The van der Waals surface area contributed by atoms with Crippen molar-refractivity contribution in [3.05, 3.63) is 54.0 Å². The lowest BCUT2D eigenvalue weighted by molar-refractivity contribution is 0.807. The fraction of sp³-hybridized carbons (Fsp3) is 0.188. The van der Waals surface area contributed by atoms with Crippen molar-refractivity contribution in [2.75, 3.05) is 0 Å². The Labute approximate surface area is 122 Å². The van der Waals surface area contributed by atoms with E-state index in [2.05, 4.69) is 16.0 Å². The summed E-state index contributed by atoms with van der Waals surface area (Å²) < 4.78 is 1.92. The second-order valence-electron chi connectivity index (χ2n) is 4.93. The van der Waals surface area contributed by atoms with Gasteiger partial charge in [-0.1, -0.05) is 18.2 Å². The third-order valence-corrected chi connectivity index (χ3v) is 3.39. The van der Waals surface area contributed by atoms with Crippen LogP contribution in [0.2, 0.25) is 0 Å². The first kappa shape index (κ1) is 13.3. The number of nitriles is 1. The highest BCUT2D eigenvalue weighted by molar-refractivity contribution is 5.77. The largest absolute Gasteiger partial charge is 0.324 e. The van der Waals surface area contributed by atoms with Crippen LogP contribution in [0.15, 0.2) is 42.6 Å². The lowest BCUT2D eigenvalue weighted by Crippen LogP contribution is -2.07. The van der Waals surface area contributed by atoms with E-state index in [0.29, 0.717) is 5.82 Å². The van der Waals surface area contributed by atoms with Crippen LogP contribution in [0.3, 0.4) is 0 Å². The summed E-state index contributed by atoms with van der Waals surface area (Å²) in [5, 5.41) is 8.99. The number of benzene rings is 1. The zero-order valence-corrected chi connectivity index (χ0v) is 11.7. The summed E-state index contributed by atoms with van der Waals surface area (Å²) in [6, 6.07) is 13.8. The lowest BCUT2D eigenvalue weighted by Gasteiger charge is -2.09. The summed E-state index contributed by atoms with van der Waals surface area (Å²) in [7, 11) is 0. The maximum Gasteiger partial charge on any atom is 0.138 e. The Balaban J connectivity index is 2.18. The minimum absolute atomic E-state index is 0.0512. The van der Waals surface area contributed by atoms with Crippen molar-refractivity contribution >= 4 is 11.0 Å². The van der Waals surface area contributed by atoms with E-state index in [-0.39, 0.29) is 12.5 Å². The lowest BCUT2D eigenvalue weighted by atomic mass is 10.1. The number of fused-ring (bicyclic) bond motifs is 1. The van der Waals surface area contributed by atoms with E-state index >= 15 is 0 Å². The molecule has 0 unspecified atom stereocenters. The molecule has 0 bridgehead atoms. The Morgan fingerprint density at radius 2 is 2.10 bits per heavy atom. The van der Waals surface area contributed by atoms with Crippen LogP contribution < -0.4 is 5.73 Å². The van der Waals surface area contributed by atoms with Crippen LogP contribution in [0.1, 0.15) is 24.4 Å². The van der Waals surface area contributed by atoms with E-state index < -0.39 is 0 Å². The van der Waals surface area contributed by atoms with Crippen molar-refractivity contribution in [3.8, 4) is 11.9 Å². The maximum atomic E-state index is 8.99. The topological polar surface area (TPSA) is 80.5 Å². The van der Waals surface area contributed by atoms with Gasteiger partial charge in [0.1, 0.15) is 11.6 Å². The summed E-state index contributed by atoms with van der Waals surface area (Å²) in [6.07, 6.45) is 2.01. The molecule has 0 aliphatic heterocycles. The Morgan fingerprint density at radius 3 is 2.76 bits per heavy atom. The van der Waals surface area contributed by atoms with Crippen LogP contribution in [0.4, 0.5) is 0 Å². The molecule has 0 aliphatic rings. The van der Waals surface area contributed by atoms with Gasteiger partial charge in [0.25, 0.3) is 0 Å². The quantitative estimate of drug-likeness (QED) is 0.797. The van der Waals surface area contributed by atoms with Gasteiger partial charge in [0.2, 0.25) is 0 Å². The summed E-state index contributed by atoms with van der Waals surface area (Å²) in [4.78, 5) is 8.98. The molecule has 0 fully saturated rings. The summed E-state index contributed by atoms with van der Waals surface area (Å²) >= 11 is 0. The number of rotatable bonds is 3. The fourth-order valence-electron chi connectivity index (χ4n) is 2.32. The van der Waals surface area contributed by atoms with Crippen LogP contribution >= 0.6 is 0 Å². The van der Waals surface area contributed by atoms with Crippen molar-refractivity contribution in [3.63, 3.8) is 0 Å². The average molecular weight is 277 g/mol. The molecule has 3 rings (SSSR count). The molecule has 1 atom stereocenters. The molecule has 2 heterocycles. The van der Waals surface area contributed by atoms with Crippen molar-refractivity contribution in [2.24, 2.45) is 5.73 Å². The molecule has 21 heavy (non-hydrogen) atoms.